The molecule has 0 aliphatic rings. The zero-order chi connectivity index (χ0) is 9.40. The summed E-state index contributed by atoms with van der Waals surface area (Å²) in [6.45, 7) is 6.19. The molecule has 0 amide bonds. The molecule has 2 nitrogen and oxygen atoms in total. The quantitative estimate of drug-likeness (QED) is 0.468. The second-order valence-corrected chi connectivity index (χ2v) is 3.04. The highest BCUT2D eigenvalue weighted by molar-refractivity contribution is 5.71. The van der Waals surface area contributed by atoms with E-state index in [0.29, 0.717) is 6.61 Å². The van der Waals surface area contributed by atoms with Gasteiger partial charge in [-0.1, -0.05) is 39.3 Å². The van der Waals surface area contributed by atoms with Gasteiger partial charge in [-0.2, -0.15) is 0 Å². The van der Waals surface area contributed by atoms with Crippen LogP contribution in [0.25, 0.3) is 0 Å². The van der Waals surface area contributed by atoms with E-state index in [1.165, 1.54) is 0 Å². The zero-order valence-corrected chi connectivity index (χ0v) is 8.17. The molecule has 0 heterocycles. The number of ether oxygens (including phenoxy) is 1. The average Bonchev–Trinajstić information content (AvgIpc) is 2.03. The van der Waals surface area contributed by atoms with Crippen LogP contribution in [0.2, 0.25) is 0 Å². The number of hydrogen-bond donors (Lipinski definition) is 0. The van der Waals surface area contributed by atoms with Gasteiger partial charge in [0.2, 0.25) is 0 Å². The fourth-order valence-electron chi connectivity index (χ4n) is 0.649. The molecular formula is C10H18O2. The summed E-state index contributed by atoms with van der Waals surface area (Å²) >= 11 is 0. The smallest absolute Gasteiger partial charge is 0.308 e. The van der Waals surface area contributed by atoms with E-state index in [2.05, 4.69) is 6.92 Å². The van der Waals surface area contributed by atoms with E-state index in [0.717, 1.165) is 12.8 Å². The third kappa shape index (κ3) is 5.96. The number of esters is 1. The number of allylic oxidation sites excluding steroid dienone is 1. The van der Waals surface area contributed by atoms with Crippen molar-refractivity contribution in [3.8, 4) is 0 Å². The van der Waals surface area contributed by atoms with E-state index in [-0.39, 0.29) is 11.9 Å². The molecule has 0 atom stereocenters. The standard InChI is InChI=1S/C10H18O2/c1-4-5-6-7-8-12-10(11)9(2)3/h6-7,9H,4-5,8H2,1-3H3. The molecular weight excluding hydrogens is 152 g/mol. The molecule has 0 N–H and O–H groups in total. The highest BCUT2D eigenvalue weighted by Crippen LogP contribution is 1.96. The predicted octanol–water partition coefficient (Wildman–Crippen LogP) is 2.54. The summed E-state index contributed by atoms with van der Waals surface area (Å²) in [4.78, 5) is 10.9. The fourth-order valence-corrected chi connectivity index (χ4v) is 0.649. The molecule has 12 heavy (non-hydrogen) atoms. The maximum absolute atomic E-state index is 10.9. The first-order chi connectivity index (χ1) is 5.68. The van der Waals surface area contributed by atoms with Crippen LogP contribution in [0.1, 0.15) is 33.6 Å². The molecule has 70 valence electrons. The van der Waals surface area contributed by atoms with Crippen molar-refractivity contribution in [1.82, 2.24) is 0 Å². The molecule has 2 heteroatoms. The van der Waals surface area contributed by atoms with Crippen LogP contribution in [0.5, 0.6) is 0 Å². The highest BCUT2D eigenvalue weighted by Gasteiger charge is 2.05. The van der Waals surface area contributed by atoms with Crippen LogP contribution in [0, 0.1) is 5.92 Å². The Morgan fingerprint density at radius 3 is 2.58 bits per heavy atom. The first kappa shape index (κ1) is 11.2. The first-order valence-corrected chi connectivity index (χ1v) is 4.50. The van der Waals surface area contributed by atoms with Crippen LogP contribution < -0.4 is 0 Å². The molecule has 0 aliphatic carbocycles. The van der Waals surface area contributed by atoms with Gasteiger partial charge in [0.1, 0.15) is 6.61 Å². The van der Waals surface area contributed by atoms with Crippen LogP contribution >= 0.6 is 0 Å². The van der Waals surface area contributed by atoms with Crippen molar-refractivity contribution in [3.05, 3.63) is 12.2 Å². The van der Waals surface area contributed by atoms with Crippen molar-refractivity contribution in [2.24, 2.45) is 5.92 Å². The molecule has 0 fully saturated rings. The second kappa shape index (κ2) is 6.89. The Bertz CT molecular complexity index is 148. The van der Waals surface area contributed by atoms with Gasteiger partial charge < -0.3 is 4.74 Å². The topological polar surface area (TPSA) is 26.3 Å². The molecule has 0 aromatic carbocycles. The number of carbonyl (C=O) groups is 1. The van der Waals surface area contributed by atoms with E-state index in [1.54, 1.807) is 0 Å². The predicted molar refractivity (Wildman–Crippen MR) is 49.8 cm³/mol. The van der Waals surface area contributed by atoms with Crippen molar-refractivity contribution >= 4 is 5.97 Å². The summed E-state index contributed by atoms with van der Waals surface area (Å²) in [7, 11) is 0. The molecule has 0 aromatic rings. The minimum atomic E-state index is -0.129. The Morgan fingerprint density at radius 1 is 1.42 bits per heavy atom. The lowest BCUT2D eigenvalue weighted by atomic mass is 10.2. The Balaban J connectivity index is 3.37. The Kier molecular flexibility index (Phi) is 6.44. The van der Waals surface area contributed by atoms with E-state index >= 15 is 0 Å². The molecule has 0 aromatic heterocycles. The van der Waals surface area contributed by atoms with Gasteiger partial charge in [0.05, 0.1) is 5.92 Å². The van der Waals surface area contributed by atoms with Crippen molar-refractivity contribution in [2.75, 3.05) is 6.61 Å². The van der Waals surface area contributed by atoms with Crippen LogP contribution in [0.3, 0.4) is 0 Å². The third-order valence-corrected chi connectivity index (χ3v) is 1.42. The summed E-state index contributed by atoms with van der Waals surface area (Å²) in [5, 5.41) is 0. The zero-order valence-electron chi connectivity index (χ0n) is 8.17. The lowest BCUT2D eigenvalue weighted by molar-refractivity contribution is -0.146. The normalized spacial score (nSPS) is 11.0. The Morgan fingerprint density at radius 2 is 2.08 bits per heavy atom. The number of rotatable bonds is 5. The van der Waals surface area contributed by atoms with E-state index in [9.17, 15) is 4.79 Å². The van der Waals surface area contributed by atoms with Crippen LogP contribution in [0.4, 0.5) is 0 Å². The molecule has 0 saturated heterocycles. The van der Waals surface area contributed by atoms with Gasteiger partial charge in [0.25, 0.3) is 0 Å². The van der Waals surface area contributed by atoms with Crippen LogP contribution in [-0.2, 0) is 9.53 Å². The lowest BCUT2D eigenvalue weighted by Gasteiger charge is -2.03. The fraction of sp³-hybridized carbons (Fsp3) is 0.700. The minimum Gasteiger partial charge on any atom is -0.461 e. The highest BCUT2D eigenvalue weighted by atomic mass is 16.5. The van der Waals surface area contributed by atoms with E-state index < -0.39 is 0 Å². The van der Waals surface area contributed by atoms with Gasteiger partial charge in [0, 0.05) is 0 Å². The van der Waals surface area contributed by atoms with Gasteiger partial charge >= 0.3 is 5.97 Å². The van der Waals surface area contributed by atoms with E-state index in [1.807, 2.05) is 26.0 Å². The van der Waals surface area contributed by atoms with Crippen molar-refractivity contribution in [2.45, 2.75) is 33.6 Å². The van der Waals surface area contributed by atoms with Crippen molar-refractivity contribution < 1.29 is 9.53 Å². The minimum absolute atomic E-state index is 0.0235. The third-order valence-electron chi connectivity index (χ3n) is 1.42. The number of unbranched alkanes of at least 4 members (excludes halogenated alkanes) is 1. The Hall–Kier alpha value is -0.790. The lowest BCUT2D eigenvalue weighted by Crippen LogP contribution is -2.11. The summed E-state index contributed by atoms with van der Waals surface area (Å²) in [6, 6.07) is 0. The Labute approximate surface area is 74.6 Å². The largest absolute Gasteiger partial charge is 0.461 e. The van der Waals surface area contributed by atoms with Gasteiger partial charge in [-0.05, 0) is 6.42 Å². The molecule has 0 rings (SSSR count). The summed E-state index contributed by atoms with van der Waals surface area (Å²) in [6.07, 6.45) is 6.12. The molecule has 0 spiro atoms. The number of hydrogen-bond acceptors (Lipinski definition) is 2. The van der Waals surface area contributed by atoms with Gasteiger partial charge in [-0.15, -0.1) is 0 Å². The van der Waals surface area contributed by atoms with Crippen molar-refractivity contribution in [1.29, 1.82) is 0 Å². The monoisotopic (exact) mass is 170 g/mol. The average molecular weight is 170 g/mol. The summed E-state index contributed by atoms with van der Waals surface area (Å²) in [5.74, 6) is -0.152. The van der Waals surface area contributed by atoms with Gasteiger partial charge in [-0.25, -0.2) is 0 Å². The van der Waals surface area contributed by atoms with Gasteiger partial charge in [-0.3, -0.25) is 4.79 Å². The SMILES string of the molecule is CCCC=CCOC(=O)C(C)C. The van der Waals surface area contributed by atoms with Crippen LogP contribution in [-0.4, -0.2) is 12.6 Å². The molecule has 0 radical (unpaired) electrons. The maximum atomic E-state index is 10.9. The molecule has 0 saturated carbocycles. The molecule has 0 bridgehead atoms. The molecule has 0 unspecified atom stereocenters. The summed E-state index contributed by atoms with van der Waals surface area (Å²) in [5.41, 5.74) is 0. The number of carbonyl (C=O) groups excluding carboxylic acids is 1. The van der Waals surface area contributed by atoms with E-state index in [4.69, 9.17) is 4.74 Å². The van der Waals surface area contributed by atoms with Crippen LogP contribution in [0.15, 0.2) is 12.2 Å². The first-order valence-electron chi connectivity index (χ1n) is 4.50. The molecule has 0 aliphatic heterocycles. The summed E-state index contributed by atoms with van der Waals surface area (Å²) < 4.78 is 4.92. The van der Waals surface area contributed by atoms with Crippen molar-refractivity contribution in [3.63, 3.8) is 0 Å². The maximum Gasteiger partial charge on any atom is 0.308 e. The van der Waals surface area contributed by atoms with Gasteiger partial charge in [0.15, 0.2) is 0 Å². The second-order valence-electron chi connectivity index (χ2n) is 3.04.